The lowest BCUT2D eigenvalue weighted by atomic mass is 10.1. The summed E-state index contributed by atoms with van der Waals surface area (Å²) in [5.74, 6) is 2.03. The highest BCUT2D eigenvalue weighted by molar-refractivity contribution is 14.0. The Labute approximate surface area is 192 Å². The van der Waals surface area contributed by atoms with Crippen LogP contribution >= 0.6 is 24.0 Å². The Bertz CT molecular complexity index is 654. The van der Waals surface area contributed by atoms with Crippen LogP contribution in [0.15, 0.2) is 23.3 Å². The molecule has 1 saturated carbocycles. The lowest BCUT2D eigenvalue weighted by Crippen LogP contribution is -2.45. The first-order valence-corrected chi connectivity index (χ1v) is 11.2. The zero-order valence-electron chi connectivity index (χ0n) is 17.8. The Morgan fingerprint density at radius 2 is 1.90 bits per heavy atom. The van der Waals surface area contributed by atoms with Crippen LogP contribution in [0.1, 0.15) is 56.9 Å². The van der Waals surface area contributed by atoms with Crippen LogP contribution in [0.4, 0.5) is 5.82 Å². The van der Waals surface area contributed by atoms with Crippen LogP contribution in [-0.4, -0.2) is 61.2 Å². The highest BCUT2D eigenvalue weighted by atomic mass is 127. The molecule has 3 heterocycles. The lowest BCUT2D eigenvalue weighted by molar-refractivity contribution is 0.242. The molecule has 29 heavy (non-hydrogen) atoms. The monoisotopic (exact) mass is 512 g/mol. The second kappa shape index (κ2) is 11.3. The van der Waals surface area contributed by atoms with E-state index in [1.165, 1.54) is 63.5 Å². The fourth-order valence-electron chi connectivity index (χ4n) is 4.95. The van der Waals surface area contributed by atoms with Gasteiger partial charge in [0.15, 0.2) is 5.96 Å². The van der Waals surface area contributed by atoms with E-state index in [0.29, 0.717) is 6.04 Å². The molecule has 1 aliphatic carbocycles. The summed E-state index contributed by atoms with van der Waals surface area (Å²) in [7, 11) is 1.87. The maximum atomic E-state index is 4.59. The molecule has 162 valence electrons. The predicted molar refractivity (Wildman–Crippen MR) is 131 cm³/mol. The molecule has 2 N–H and O–H groups in total. The van der Waals surface area contributed by atoms with Crippen LogP contribution in [0, 0.1) is 0 Å². The number of nitrogens with one attached hydrogen (secondary N) is 2. The topological polar surface area (TPSA) is 55.8 Å². The van der Waals surface area contributed by atoms with Crippen LogP contribution in [0.2, 0.25) is 0 Å². The summed E-state index contributed by atoms with van der Waals surface area (Å²) in [5, 5.41) is 7.14. The standard InChI is InChI=1S/C22H36N6.HI/c1-23-22(26-19-10-14-28(17-19)20-7-3-4-8-20)25-16-18-9-11-24-21(15-18)27-12-5-2-6-13-27;/h9,11,15,19-20H,2-8,10,12-14,16-17H2,1H3,(H2,23,25,26);1H. The minimum Gasteiger partial charge on any atom is -0.357 e. The minimum atomic E-state index is 0. The van der Waals surface area contributed by atoms with E-state index in [1.54, 1.807) is 0 Å². The molecular formula is C22H37IN6. The number of piperidine rings is 1. The number of guanidine groups is 1. The largest absolute Gasteiger partial charge is 0.357 e. The van der Waals surface area contributed by atoms with Gasteiger partial charge in [0.25, 0.3) is 0 Å². The van der Waals surface area contributed by atoms with Gasteiger partial charge in [-0.3, -0.25) is 9.89 Å². The van der Waals surface area contributed by atoms with Crippen molar-refractivity contribution in [2.24, 2.45) is 4.99 Å². The van der Waals surface area contributed by atoms with Crippen LogP contribution < -0.4 is 15.5 Å². The first kappa shape index (κ1) is 22.6. The number of nitrogens with zero attached hydrogens (tertiary/aromatic N) is 4. The molecule has 3 fully saturated rings. The van der Waals surface area contributed by atoms with Crippen molar-refractivity contribution in [2.75, 3.05) is 38.1 Å². The smallest absolute Gasteiger partial charge is 0.191 e. The van der Waals surface area contributed by atoms with Gasteiger partial charge in [-0.1, -0.05) is 12.8 Å². The van der Waals surface area contributed by atoms with Crippen molar-refractivity contribution in [1.82, 2.24) is 20.5 Å². The van der Waals surface area contributed by atoms with Gasteiger partial charge in [-0.15, -0.1) is 24.0 Å². The lowest BCUT2D eigenvalue weighted by Gasteiger charge is -2.28. The van der Waals surface area contributed by atoms with Crippen molar-refractivity contribution in [3.8, 4) is 0 Å². The Kier molecular flexibility index (Phi) is 8.84. The van der Waals surface area contributed by atoms with E-state index >= 15 is 0 Å². The number of anilines is 1. The third kappa shape index (κ3) is 6.20. The molecule has 0 bridgehead atoms. The van der Waals surface area contributed by atoms with Crippen molar-refractivity contribution in [3.05, 3.63) is 23.9 Å². The Morgan fingerprint density at radius 1 is 1.10 bits per heavy atom. The number of aromatic nitrogens is 1. The van der Waals surface area contributed by atoms with Gasteiger partial charge in [-0.05, 0) is 56.2 Å². The molecule has 0 aromatic carbocycles. The van der Waals surface area contributed by atoms with Crippen molar-refractivity contribution >= 4 is 35.8 Å². The van der Waals surface area contributed by atoms with Crippen LogP contribution in [0.25, 0.3) is 0 Å². The summed E-state index contributed by atoms with van der Waals surface area (Å²) >= 11 is 0. The summed E-state index contributed by atoms with van der Waals surface area (Å²) in [4.78, 5) is 14.1. The van der Waals surface area contributed by atoms with Gasteiger partial charge < -0.3 is 15.5 Å². The highest BCUT2D eigenvalue weighted by Gasteiger charge is 2.30. The van der Waals surface area contributed by atoms with Crippen molar-refractivity contribution in [3.63, 3.8) is 0 Å². The molecule has 1 unspecified atom stereocenters. The summed E-state index contributed by atoms with van der Waals surface area (Å²) < 4.78 is 0. The fourth-order valence-corrected chi connectivity index (χ4v) is 4.95. The molecule has 7 heteroatoms. The number of aliphatic imine (C=N–C) groups is 1. The molecule has 3 aliphatic rings. The average molecular weight is 512 g/mol. The summed E-state index contributed by atoms with van der Waals surface area (Å²) in [6, 6.07) is 5.66. The van der Waals surface area contributed by atoms with E-state index in [0.717, 1.165) is 44.0 Å². The van der Waals surface area contributed by atoms with Gasteiger partial charge in [0.2, 0.25) is 0 Å². The second-order valence-electron chi connectivity index (χ2n) is 8.56. The molecule has 1 aromatic rings. The average Bonchev–Trinajstić information content (AvgIpc) is 3.44. The maximum absolute atomic E-state index is 4.59. The van der Waals surface area contributed by atoms with E-state index in [2.05, 4.69) is 42.5 Å². The van der Waals surface area contributed by atoms with Crippen LogP contribution in [-0.2, 0) is 6.54 Å². The molecule has 2 aliphatic heterocycles. The van der Waals surface area contributed by atoms with Crippen molar-refractivity contribution < 1.29 is 0 Å². The number of likely N-dealkylation sites (tertiary alicyclic amines) is 1. The maximum Gasteiger partial charge on any atom is 0.191 e. The number of hydrogen-bond acceptors (Lipinski definition) is 4. The summed E-state index contributed by atoms with van der Waals surface area (Å²) in [6.07, 6.45) is 12.7. The van der Waals surface area contributed by atoms with Gasteiger partial charge >= 0.3 is 0 Å². The molecule has 4 rings (SSSR count). The zero-order valence-corrected chi connectivity index (χ0v) is 20.1. The SMILES string of the molecule is CN=C(NCc1ccnc(N2CCCCC2)c1)NC1CCN(C2CCCC2)C1.I. The Hall–Kier alpha value is -1.09. The number of rotatable bonds is 5. The minimum absolute atomic E-state index is 0. The number of halogens is 1. The molecule has 0 radical (unpaired) electrons. The fraction of sp³-hybridized carbons (Fsp3) is 0.727. The van der Waals surface area contributed by atoms with Gasteiger partial charge in [0.05, 0.1) is 0 Å². The van der Waals surface area contributed by atoms with E-state index < -0.39 is 0 Å². The van der Waals surface area contributed by atoms with Crippen LogP contribution in [0.5, 0.6) is 0 Å². The quantitative estimate of drug-likeness (QED) is 0.360. The predicted octanol–water partition coefficient (Wildman–Crippen LogP) is 3.37. The summed E-state index contributed by atoms with van der Waals surface area (Å²) in [5.41, 5.74) is 1.26. The Balaban J connectivity index is 0.00000240. The molecule has 0 amide bonds. The first-order chi connectivity index (χ1) is 13.8. The molecule has 2 saturated heterocycles. The Morgan fingerprint density at radius 3 is 2.66 bits per heavy atom. The van der Waals surface area contributed by atoms with E-state index in [9.17, 15) is 0 Å². The van der Waals surface area contributed by atoms with E-state index in [4.69, 9.17) is 0 Å². The van der Waals surface area contributed by atoms with Gasteiger partial charge in [-0.2, -0.15) is 0 Å². The number of pyridine rings is 1. The molecule has 0 spiro atoms. The van der Waals surface area contributed by atoms with Crippen molar-refractivity contribution in [1.29, 1.82) is 0 Å². The van der Waals surface area contributed by atoms with Gasteiger partial charge in [0.1, 0.15) is 5.82 Å². The van der Waals surface area contributed by atoms with E-state index in [-0.39, 0.29) is 24.0 Å². The summed E-state index contributed by atoms with van der Waals surface area (Å²) in [6.45, 7) is 5.42. The third-order valence-electron chi connectivity index (χ3n) is 6.58. The van der Waals surface area contributed by atoms with Crippen LogP contribution in [0.3, 0.4) is 0 Å². The zero-order chi connectivity index (χ0) is 19.2. The number of hydrogen-bond donors (Lipinski definition) is 2. The molecule has 6 nitrogen and oxygen atoms in total. The third-order valence-corrected chi connectivity index (χ3v) is 6.58. The highest BCUT2D eigenvalue weighted by Crippen LogP contribution is 2.26. The molecule has 1 atom stereocenters. The first-order valence-electron chi connectivity index (χ1n) is 11.2. The normalized spacial score (nSPS) is 23.8. The van der Waals surface area contributed by atoms with Gasteiger partial charge in [0, 0.05) is 58.1 Å². The van der Waals surface area contributed by atoms with Gasteiger partial charge in [-0.25, -0.2) is 4.98 Å². The van der Waals surface area contributed by atoms with Crippen molar-refractivity contribution in [2.45, 2.75) is 70.0 Å². The second-order valence-corrected chi connectivity index (χ2v) is 8.56. The molecular weight excluding hydrogens is 475 g/mol. The molecule has 1 aromatic heterocycles. The van der Waals surface area contributed by atoms with E-state index in [1.807, 2.05) is 13.2 Å².